The molecule has 84 valence electrons. The molecule has 0 aromatic carbocycles. The molecular weight excluding hydrogens is 176 g/mol. The molecular formula is C12H24O2. The lowest BCUT2D eigenvalue weighted by atomic mass is 9.99. The highest BCUT2D eigenvalue weighted by atomic mass is 16.5. The molecule has 1 fully saturated rings. The van der Waals surface area contributed by atoms with Gasteiger partial charge in [-0.25, -0.2) is 0 Å². The van der Waals surface area contributed by atoms with Crippen LogP contribution in [0, 0.1) is 17.3 Å². The Kier molecular flexibility index (Phi) is 4.39. The van der Waals surface area contributed by atoms with Gasteiger partial charge in [0.25, 0.3) is 0 Å². The molecule has 0 bridgehead atoms. The topological polar surface area (TPSA) is 18.5 Å². The first-order valence-corrected chi connectivity index (χ1v) is 5.68. The first-order chi connectivity index (χ1) is 6.53. The molecule has 1 rings (SSSR count). The predicted molar refractivity (Wildman–Crippen MR) is 58.4 cm³/mol. The Morgan fingerprint density at radius 3 is 2.14 bits per heavy atom. The average Bonchev–Trinajstić information content (AvgIpc) is 2.78. The van der Waals surface area contributed by atoms with E-state index in [1.165, 1.54) is 6.42 Å². The Morgan fingerprint density at radius 2 is 1.64 bits per heavy atom. The second-order valence-corrected chi connectivity index (χ2v) is 5.49. The molecule has 2 nitrogen and oxygen atoms in total. The minimum absolute atomic E-state index is 0.296. The van der Waals surface area contributed by atoms with Crippen LogP contribution in [0.25, 0.3) is 0 Å². The van der Waals surface area contributed by atoms with Gasteiger partial charge in [0.15, 0.2) is 0 Å². The molecule has 0 radical (unpaired) electrons. The van der Waals surface area contributed by atoms with Crippen molar-refractivity contribution in [1.29, 1.82) is 0 Å². The van der Waals surface area contributed by atoms with Crippen LogP contribution < -0.4 is 0 Å². The molecule has 1 aliphatic carbocycles. The van der Waals surface area contributed by atoms with Gasteiger partial charge in [0.2, 0.25) is 0 Å². The smallest absolute Gasteiger partial charge is 0.0514 e. The maximum atomic E-state index is 5.68. The van der Waals surface area contributed by atoms with Gasteiger partial charge in [0.1, 0.15) is 0 Å². The molecule has 0 heterocycles. The van der Waals surface area contributed by atoms with Crippen molar-refractivity contribution in [1.82, 2.24) is 0 Å². The predicted octanol–water partition coefficient (Wildman–Crippen LogP) is 2.72. The van der Waals surface area contributed by atoms with E-state index in [1.807, 2.05) is 6.92 Å². The molecule has 2 heteroatoms. The van der Waals surface area contributed by atoms with Gasteiger partial charge in [-0.2, -0.15) is 0 Å². The molecule has 1 saturated carbocycles. The third-order valence-corrected chi connectivity index (χ3v) is 2.47. The van der Waals surface area contributed by atoms with Crippen molar-refractivity contribution in [3.05, 3.63) is 0 Å². The normalized spacial score (nSPS) is 26.6. The van der Waals surface area contributed by atoms with Crippen molar-refractivity contribution in [2.24, 2.45) is 17.3 Å². The Morgan fingerprint density at radius 1 is 1.07 bits per heavy atom. The summed E-state index contributed by atoms with van der Waals surface area (Å²) in [6, 6.07) is 0. The first-order valence-electron chi connectivity index (χ1n) is 5.68. The van der Waals surface area contributed by atoms with Gasteiger partial charge in [-0.05, 0) is 30.6 Å². The van der Waals surface area contributed by atoms with Crippen molar-refractivity contribution < 1.29 is 9.47 Å². The average molecular weight is 200 g/mol. The summed E-state index contributed by atoms with van der Waals surface area (Å²) in [6.07, 6.45) is 1.30. The molecule has 0 aliphatic heterocycles. The van der Waals surface area contributed by atoms with E-state index >= 15 is 0 Å². The third kappa shape index (κ3) is 4.97. The van der Waals surface area contributed by atoms with E-state index in [9.17, 15) is 0 Å². The van der Waals surface area contributed by atoms with Crippen molar-refractivity contribution in [3.63, 3.8) is 0 Å². The van der Waals surface area contributed by atoms with Crippen LogP contribution in [0.2, 0.25) is 0 Å². The van der Waals surface area contributed by atoms with Gasteiger partial charge in [0.05, 0.1) is 6.61 Å². The van der Waals surface area contributed by atoms with Crippen molar-refractivity contribution in [3.8, 4) is 0 Å². The number of ether oxygens (including phenoxy) is 2. The maximum absolute atomic E-state index is 5.68. The van der Waals surface area contributed by atoms with Gasteiger partial charge in [-0.15, -0.1) is 0 Å². The van der Waals surface area contributed by atoms with Crippen molar-refractivity contribution >= 4 is 0 Å². The van der Waals surface area contributed by atoms with Gasteiger partial charge < -0.3 is 9.47 Å². The van der Waals surface area contributed by atoms with E-state index in [-0.39, 0.29) is 0 Å². The summed E-state index contributed by atoms with van der Waals surface area (Å²) in [5.41, 5.74) is 0.296. The van der Waals surface area contributed by atoms with Crippen LogP contribution in [0.5, 0.6) is 0 Å². The van der Waals surface area contributed by atoms with Crippen molar-refractivity contribution in [2.45, 2.75) is 34.1 Å². The van der Waals surface area contributed by atoms with Crippen LogP contribution >= 0.6 is 0 Å². The maximum Gasteiger partial charge on any atom is 0.0514 e. The third-order valence-electron chi connectivity index (χ3n) is 2.47. The molecule has 1 aliphatic rings. The van der Waals surface area contributed by atoms with Gasteiger partial charge in [-0.1, -0.05) is 20.8 Å². The SMILES string of the molecule is CCOCC1CC1COCC(C)(C)C. The Balaban J connectivity index is 1.95. The van der Waals surface area contributed by atoms with E-state index in [1.54, 1.807) is 0 Å². The Hall–Kier alpha value is -0.0800. The minimum Gasteiger partial charge on any atom is -0.381 e. The van der Waals surface area contributed by atoms with Crippen LogP contribution in [-0.4, -0.2) is 26.4 Å². The fourth-order valence-electron chi connectivity index (χ4n) is 1.50. The molecule has 2 atom stereocenters. The highest BCUT2D eigenvalue weighted by Gasteiger charge is 2.37. The molecule has 0 saturated heterocycles. The molecule has 0 amide bonds. The van der Waals surface area contributed by atoms with Crippen LogP contribution in [0.15, 0.2) is 0 Å². The summed E-state index contributed by atoms with van der Waals surface area (Å²) < 4.78 is 11.1. The van der Waals surface area contributed by atoms with E-state index in [4.69, 9.17) is 9.47 Å². The quantitative estimate of drug-likeness (QED) is 0.656. The summed E-state index contributed by atoms with van der Waals surface area (Å²) in [4.78, 5) is 0. The monoisotopic (exact) mass is 200 g/mol. The summed E-state index contributed by atoms with van der Waals surface area (Å²) in [5, 5.41) is 0. The fourth-order valence-corrected chi connectivity index (χ4v) is 1.50. The van der Waals surface area contributed by atoms with Crippen LogP contribution in [0.4, 0.5) is 0 Å². The Labute approximate surface area is 88.0 Å². The highest BCUT2D eigenvalue weighted by Crippen LogP contribution is 2.38. The van der Waals surface area contributed by atoms with Crippen LogP contribution in [-0.2, 0) is 9.47 Å². The summed E-state index contributed by atoms with van der Waals surface area (Å²) in [5.74, 6) is 1.54. The van der Waals surface area contributed by atoms with Crippen molar-refractivity contribution in [2.75, 3.05) is 26.4 Å². The zero-order valence-electron chi connectivity index (χ0n) is 10.0. The van der Waals surface area contributed by atoms with Gasteiger partial charge >= 0.3 is 0 Å². The standard InChI is InChI=1S/C12H24O2/c1-5-13-7-10-6-11(10)8-14-9-12(2,3)4/h10-11H,5-9H2,1-4H3. The molecule has 2 unspecified atom stereocenters. The summed E-state index contributed by atoms with van der Waals surface area (Å²) in [6.45, 7) is 12.2. The number of rotatable bonds is 6. The molecule has 14 heavy (non-hydrogen) atoms. The molecule has 0 aromatic heterocycles. The second kappa shape index (κ2) is 5.13. The molecule has 0 aromatic rings. The van der Waals surface area contributed by atoms with E-state index in [2.05, 4.69) is 20.8 Å². The van der Waals surface area contributed by atoms with E-state index in [0.717, 1.165) is 38.3 Å². The second-order valence-electron chi connectivity index (χ2n) is 5.49. The van der Waals surface area contributed by atoms with Gasteiger partial charge in [-0.3, -0.25) is 0 Å². The lowest BCUT2D eigenvalue weighted by Gasteiger charge is -2.17. The molecule has 0 N–H and O–H groups in total. The largest absolute Gasteiger partial charge is 0.381 e. The summed E-state index contributed by atoms with van der Waals surface area (Å²) in [7, 11) is 0. The van der Waals surface area contributed by atoms with Crippen LogP contribution in [0.3, 0.4) is 0 Å². The zero-order chi connectivity index (χ0) is 10.6. The van der Waals surface area contributed by atoms with E-state index < -0.39 is 0 Å². The lowest BCUT2D eigenvalue weighted by Crippen LogP contribution is -2.16. The van der Waals surface area contributed by atoms with E-state index in [0.29, 0.717) is 5.41 Å². The molecule has 0 spiro atoms. The first kappa shape index (κ1) is 12.0. The fraction of sp³-hybridized carbons (Fsp3) is 1.00. The highest BCUT2D eigenvalue weighted by molar-refractivity contribution is 4.85. The van der Waals surface area contributed by atoms with Gasteiger partial charge in [0, 0.05) is 19.8 Å². The lowest BCUT2D eigenvalue weighted by molar-refractivity contribution is 0.0569. The number of hydrogen-bond donors (Lipinski definition) is 0. The Bertz CT molecular complexity index is 160. The zero-order valence-corrected chi connectivity index (χ0v) is 10.0. The van der Waals surface area contributed by atoms with Crippen LogP contribution in [0.1, 0.15) is 34.1 Å². The minimum atomic E-state index is 0.296. The summed E-state index contributed by atoms with van der Waals surface area (Å²) >= 11 is 0. The number of hydrogen-bond acceptors (Lipinski definition) is 2.